The van der Waals surface area contributed by atoms with Crippen molar-refractivity contribution in [2.75, 3.05) is 6.54 Å². The SMILES string of the molecule is NC1CC2CCC(C1)N2CC(O)C(F)(F)F. The van der Waals surface area contributed by atoms with Gasteiger partial charge in [-0.25, -0.2) is 0 Å². The van der Waals surface area contributed by atoms with Crippen LogP contribution in [-0.4, -0.2) is 47.0 Å². The van der Waals surface area contributed by atoms with Crippen LogP contribution in [0.1, 0.15) is 25.7 Å². The van der Waals surface area contributed by atoms with E-state index in [-0.39, 0.29) is 24.7 Å². The van der Waals surface area contributed by atoms with Crippen molar-refractivity contribution in [2.24, 2.45) is 5.73 Å². The van der Waals surface area contributed by atoms with E-state index in [0.717, 1.165) is 25.7 Å². The van der Waals surface area contributed by atoms with Crippen LogP contribution < -0.4 is 5.73 Å². The zero-order valence-electron chi connectivity index (χ0n) is 8.95. The van der Waals surface area contributed by atoms with Crippen molar-refractivity contribution in [2.45, 2.75) is 56.1 Å². The molecule has 0 aliphatic carbocycles. The molecule has 0 aromatic heterocycles. The van der Waals surface area contributed by atoms with E-state index in [9.17, 15) is 13.2 Å². The van der Waals surface area contributed by atoms with E-state index in [0.29, 0.717) is 0 Å². The third-order valence-electron chi connectivity index (χ3n) is 3.68. The molecule has 0 amide bonds. The van der Waals surface area contributed by atoms with Gasteiger partial charge in [0.05, 0.1) is 0 Å². The first-order valence-corrected chi connectivity index (χ1v) is 5.64. The lowest BCUT2D eigenvalue weighted by Gasteiger charge is -2.38. The topological polar surface area (TPSA) is 49.5 Å². The summed E-state index contributed by atoms with van der Waals surface area (Å²) in [6, 6.07) is 0.369. The van der Waals surface area contributed by atoms with Crippen molar-refractivity contribution in [3.05, 3.63) is 0 Å². The summed E-state index contributed by atoms with van der Waals surface area (Å²) in [5.74, 6) is 0. The zero-order chi connectivity index (χ0) is 11.9. The lowest BCUT2D eigenvalue weighted by atomic mass is 9.98. The molecule has 0 aromatic carbocycles. The standard InChI is InChI=1S/C10H17F3N2O/c11-10(12,13)9(16)5-15-7-1-2-8(15)4-6(14)3-7/h6-9,16H,1-5,14H2. The van der Waals surface area contributed by atoms with Crippen molar-refractivity contribution in [1.82, 2.24) is 4.90 Å². The summed E-state index contributed by atoms with van der Waals surface area (Å²) in [7, 11) is 0. The molecular formula is C10H17F3N2O. The van der Waals surface area contributed by atoms with Crippen LogP contribution in [0, 0.1) is 0 Å². The van der Waals surface area contributed by atoms with Gasteiger partial charge in [-0.3, -0.25) is 4.90 Å². The van der Waals surface area contributed by atoms with E-state index < -0.39 is 12.3 Å². The molecular weight excluding hydrogens is 221 g/mol. The Balaban J connectivity index is 1.96. The number of nitrogens with two attached hydrogens (primary N) is 1. The van der Waals surface area contributed by atoms with Crippen LogP contribution >= 0.6 is 0 Å². The molecule has 2 bridgehead atoms. The molecule has 94 valence electrons. The van der Waals surface area contributed by atoms with Gasteiger partial charge >= 0.3 is 6.18 Å². The number of hydrogen-bond donors (Lipinski definition) is 2. The first kappa shape index (κ1) is 12.1. The maximum Gasteiger partial charge on any atom is 0.415 e. The predicted molar refractivity (Wildman–Crippen MR) is 52.8 cm³/mol. The number of rotatable bonds is 2. The molecule has 3 N–H and O–H groups in total. The summed E-state index contributed by atoms with van der Waals surface area (Å²) < 4.78 is 36.8. The minimum atomic E-state index is -4.51. The van der Waals surface area contributed by atoms with Crippen molar-refractivity contribution in [1.29, 1.82) is 0 Å². The van der Waals surface area contributed by atoms with Gasteiger partial charge in [-0.05, 0) is 25.7 Å². The minimum absolute atomic E-state index is 0.108. The normalized spacial score (nSPS) is 37.7. The van der Waals surface area contributed by atoms with E-state index in [4.69, 9.17) is 10.8 Å². The van der Waals surface area contributed by atoms with Crippen molar-refractivity contribution in [3.63, 3.8) is 0 Å². The quantitative estimate of drug-likeness (QED) is 0.750. The molecule has 0 saturated carbocycles. The second-order valence-electron chi connectivity index (χ2n) is 4.87. The van der Waals surface area contributed by atoms with E-state index in [2.05, 4.69) is 0 Å². The van der Waals surface area contributed by atoms with Crippen LogP contribution in [-0.2, 0) is 0 Å². The van der Waals surface area contributed by atoms with Crippen LogP contribution in [0.15, 0.2) is 0 Å². The fourth-order valence-electron chi connectivity index (χ4n) is 2.92. The smallest absolute Gasteiger partial charge is 0.382 e. The van der Waals surface area contributed by atoms with Gasteiger partial charge in [-0.2, -0.15) is 13.2 Å². The Labute approximate surface area is 92.4 Å². The van der Waals surface area contributed by atoms with Crippen molar-refractivity contribution < 1.29 is 18.3 Å². The highest BCUT2D eigenvalue weighted by atomic mass is 19.4. The Hall–Kier alpha value is -0.330. The lowest BCUT2D eigenvalue weighted by molar-refractivity contribution is -0.210. The highest BCUT2D eigenvalue weighted by molar-refractivity contribution is 4.97. The molecule has 0 spiro atoms. The largest absolute Gasteiger partial charge is 0.415 e. The third kappa shape index (κ3) is 2.33. The highest BCUT2D eigenvalue weighted by Crippen LogP contribution is 2.36. The molecule has 3 unspecified atom stereocenters. The molecule has 2 saturated heterocycles. The predicted octanol–water partition coefficient (Wildman–Crippen LogP) is 0.864. The summed E-state index contributed by atoms with van der Waals surface area (Å²) in [5, 5.41) is 9.07. The van der Waals surface area contributed by atoms with Crippen LogP contribution in [0.25, 0.3) is 0 Å². The van der Waals surface area contributed by atoms with E-state index >= 15 is 0 Å². The van der Waals surface area contributed by atoms with Crippen LogP contribution in [0.3, 0.4) is 0 Å². The first-order valence-electron chi connectivity index (χ1n) is 5.64. The van der Waals surface area contributed by atoms with Crippen molar-refractivity contribution in [3.8, 4) is 0 Å². The van der Waals surface area contributed by atoms with E-state index in [1.54, 1.807) is 4.90 Å². The number of nitrogens with zero attached hydrogens (tertiary/aromatic N) is 1. The molecule has 2 heterocycles. The molecule has 3 nitrogen and oxygen atoms in total. The average molecular weight is 238 g/mol. The number of aliphatic hydroxyl groups excluding tert-OH is 1. The Bertz CT molecular complexity index is 245. The van der Waals surface area contributed by atoms with E-state index in [1.165, 1.54) is 0 Å². The molecule has 0 radical (unpaired) electrons. The Morgan fingerprint density at radius 2 is 1.75 bits per heavy atom. The Morgan fingerprint density at radius 3 is 2.19 bits per heavy atom. The Kier molecular flexibility index (Phi) is 3.16. The molecule has 2 aliphatic heterocycles. The maximum absolute atomic E-state index is 12.3. The summed E-state index contributed by atoms with van der Waals surface area (Å²) in [4.78, 5) is 1.79. The average Bonchev–Trinajstić information content (AvgIpc) is 2.41. The molecule has 2 rings (SSSR count). The second kappa shape index (κ2) is 4.16. The number of hydrogen-bond acceptors (Lipinski definition) is 3. The van der Waals surface area contributed by atoms with Gasteiger partial charge in [-0.15, -0.1) is 0 Å². The number of fused-ring (bicyclic) bond motifs is 2. The maximum atomic E-state index is 12.3. The highest BCUT2D eigenvalue weighted by Gasteiger charge is 2.45. The number of alkyl halides is 3. The Morgan fingerprint density at radius 1 is 1.25 bits per heavy atom. The van der Waals surface area contributed by atoms with Gasteiger partial charge in [0.1, 0.15) is 0 Å². The number of aliphatic hydroxyl groups is 1. The summed E-state index contributed by atoms with van der Waals surface area (Å²) in [6.45, 7) is -0.300. The van der Waals surface area contributed by atoms with Gasteiger partial charge in [0.15, 0.2) is 6.10 Å². The van der Waals surface area contributed by atoms with Crippen LogP contribution in [0.2, 0.25) is 0 Å². The molecule has 2 aliphatic rings. The summed E-state index contributed by atoms with van der Waals surface area (Å²) in [5.41, 5.74) is 5.82. The van der Waals surface area contributed by atoms with Crippen LogP contribution in [0.5, 0.6) is 0 Å². The monoisotopic (exact) mass is 238 g/mol. The summed E-state index contributed by atoms with van der Waals surface area (Å²) >= 11 is 0. The van der Waals surface area contributed by atoms with Gasteiger partial charge in [0.25, 0.3) is 0 Å². The first-order chi connectivity index (χ1) is 7.38. The number of piperidine rings is 1. The molecule has 3 atom stereocenters. The van der Waals surface area contributed by atoms with E-state index in [1.807, 2.05) is 0 Å². The van der Waals surface area contributed by atoms with Gasteiger partial charge in [0, 0.05) is 24.7 Å². The molecule has 6 heteroatoms. The summed E-state index contributed by atoms with van der Waals surface area (Å²) in [6.07, 6.45) is -3.43. The van der Waals surface area contributed by atoms with Gasteiger partial charge in [-0.1, -0.05) is 0 Å². The van der Waals surface area contributed by atoms with Gasteiger partial charge in [0.2, 0.25) is 0 Å². The lowest BCUT2D eigenvalue weighted by Crippen LogP contribution is -2.52. The van der Waals surface area contributed by atoms with Crippen molar-refractivity contribution >= 4 is 0 Å². The fraction of sp³-hybridized carbons (Fsp3) is 1.00. The third-order valence-corrected chi connectivity index (χ3v) is 3.68. The number of halogens is 3. The molecule has 16 heavy (non-hydrogen) atoms. The molecule has 2 fully saturated rings. The fourth-order valence-corrected chi connectivity index (χ4v) is 2.92. The minimum Gasteiger partial charge on any atom is -0.382 e. The molecule has 0 aromatic rings. The zero-order valence-corrected chi connectivity index (χ0v) is 8.95. The van der Waals surface area contributed by atoms with Gasteiger partial charge < -0.3 is 10.8 Å². The second-order valence-corrected chi connectivity index (χ2v) is 4.87. The van der Waals surface area contributed by atoms with Crippen LogP contribution in [0.4, 0.5) is 13.2 Å².